The SMILES string of the molecule is CC(C)(C)OC(=O)COCC(COC(=O)C(C)(C)Br)(COC(=O)C(C)(C)Br)COC(=O)C(C)(C)Br. The Morgan fingerprint density at radius 3 is 1.14 bits per heavy atom. The molecule has 0 atom stereocenters. The Hall–Kier alpha value is -0.720. The zero-order chi connectivity index (χ0) is 27.9. The molecule has 9 nitrogen and oxygen atoms in total. The standard InChI is InChI=1S/C23H37Br3O9/c1-19(2,3)35-15(27)10-31-11-23(12-32-16(28)20(4,5)24,13-33-17(29)21(6,7)25)14-34-18(30)22(8,9)26/h10-14H2,1-9H3. The molecule has 0 saturated carbocycles. The third kappa shape index (κ3) is 14.6. The predicted molar refractivity (Wildman–Crippen MR) is 141 cm³/mol. The second kappa shape index (κ2) is 13.2. The van der Waals surface area contributed by atoms with Crippen LogP contribution in [0.5, 0.6) is 0 Å². The second-order valence-electron chi connectivity index (χ2n) is 10.7. The van der Waals surface area contributed by atoms with Gasteiger partial charge in [-0.2, -0.15) is 0 Å². The van der Waals surface area contributed by atoms with E-state index in [2.05, 4.69) is 47.8 Å². The first-order valence-corrected chi connectivity index (χ1v) is 13.2. The van der Waals surface area contributed by atoms with E-state index in [9.17, 15) is 19.2 Å². The second-order valence-corrected chi connectivity index (χ2v) is 16.7. The minimum absolute atomic E-state index is 0.242. The number of hydrogen-bond acceptors (Lipinski definition) is 9. The number of carbonyl (C=O) groups is 4. The van der Waals surface area contributed by atoms with Crippen LogP contribution in [0, 0.1) is 5.41 Å². The van der Waals surface area contributed by atoms with E-state index in [4.69, 9.17) is 23.7 Å². The molecule has 35 heavy (non-hydrogen) atoms. The van der Waals surface area contributed by atoms with Crippen molar-refractivity contribution in [3.63, 3.8) is 0 Å². The Balaban J connectivity index is 5.86. The molecule has 0 aromatic rings. The van der Waals surface area contributed by atoms with E-state index in [0.717, 1.165) is 0 Å². The van der Waals surface area contributed by atoms with Crippen molar-refractivity contribution in [1.29, 1.82) is 0 Å². The quantitative estimate of drug-likeness (QED) is 0.156. The Morgan fingerprint density at radius 1 is 0.571 bits per heavy atom. The van der Waals surface area contributed by atoms with Crippen LogP contribution in [-0.2, 0) is 42.9 Å². The van der Waals surface area contributed by atoms with Crippen LogP contribution in [0.4, 0.5) is 0 Å². The van der Waals surface area contributed by atoms with Crippen LogP contribution < -0.4 is 0 Å². The number of halogens is 3. The van der Waals surface area contributed by atoms with E-state index in [0.29, 0.717) is 0 Å². The predicted octanol–water partition coefficient (Wildman–Crippen LogP) is 4.48. The molecule has 0 saturated heterocycles. The zero-order valence-electron chi connectivity index (χ0n) is 21.8. The summed E-state index contributed by atoms with van der Waals surface area (Å²) >= 11 is 9.71. The van der Waals surface area contributed by atoms with Crippen molar-refractivity contribution in [2.24, 2.45) is 5.41 Å². The summed E-state index contributed by atoms with van der Waals surface area (Å²) in [6.07, 6.45) is 0. The van der Waals surface area contributed by atoms with Gasteiger partial charge in [-0.1, -0.05) is 47.8 Å². The summed E-state index contributed by atoms with van der Waals surface area (Å²) in [6, 6.07) is 0. The molecule has 0 heterocycles. The number of carbonyl (C=O) groups excluding carboxylic acids is 4. The van der Waals surface area contributed by atoms with Crippen molar-refractivity contribution in [1.82, 2.24) is 0 Å². The molecule has 0 fully saturated rings. The molecule has 0 aromatic heterocycles. The smallest absolute Gasteiger partial charge is 0.332 e. The average Bonchev–Trinajstić information content (AvgIpc) is 2.64. The van der Waals surface area contributed by atoms with Gasteiger partial charge >= 0.3 is 23.9 Å². The Labute approximate surface area is 233 Å². The number of rotatable bonds is 13. The lowest BCUT2D eigenvalue weighted by molar-refractivity contribution is -0.175. The molecule has 0 aliphatic rings. The van der Waals surface area contributed by atoms with Crippen molar-refractivity contribution in [3.05, 3.63) is 0 Å². The van der Waals surface area contributed by atoms with Gasteiger partial charge < -0.3 is 23.7 Å². The fourth-order valence-electron chi connectivity index (χ4n) is 2.14. The van der Waals surface area contributed by atoms with E-state index < -0.39 is 54.5 Å². The molecule has 0 radical (unpaired) electrons. The molecule has 0 aliphatic heterocycles. The monoisotopic (exact) mass is 694 g/mol. The van der Waals surface area contributed by atoms with Crippen molar-refractivity contribution in [2.45, 2.75) is 80.9 Å². The molecule has 12 heteroatoms. The fraction of sp³-hybridized carbons (Fsp3) is 0.826. The number of alkyl halides is 3. The Bertz CT molecular complexity index is 680. The average molecular weight is 697 g/mol. The van der Waals surface area contributed by atoms with Crippen LogP contribution >= 0.6 is 47.8 Å². The van der Waals surface area contributed by atoms with Gasteiger partial charge in [-0.05, 0) is 62.3 Å². The molecule has 0 N–H and O–H groups in total. The van der Waals surface area contributed by atoms with Gasteiger partial charge in [-0.3, -0.25) is 14.4 Å². The Morgan fingerprint density at radius 2 is 0.886 bits per heavy atom. The van der Waals surface area contributed by atoms with Crippen LogP contribution in [0.2, 0.25) is 0 Å². The molecule has 0 aromatic carbocycles. The lowest BCUT2D eigenvalue weighted by Gasteiger charge is -2.34. The van der Waals surface area contributed by atoms with E-state index >= 15 is 0 Å². The molecule has 0 unspecified atom stereocenters. The first kappa shape index (κ1) is 34.3. The summed E-state index contributed by atoms with van der Waals surface area (Å²) in [4.78, 5) is 49.4. The first-order valence-electron chi connectivity index (χ1n) is 10.9. The Kier molecular flexibility index (Phi) is 12.9. The van der Waals surface area contributed by atoms with Gasteiger partial charge in [0.25, 0.3) is 0 Å². The van der Waals surface area contributed by atoms with E-state index in [-0.39, 0.29) is 26.4 Å². The molecule has 0 spiro atoms. The van der Waals surface area contributed by atoms with Crippen LogP contribution in [0.3, 0.4) is 0 Å². The highest BCUT2D eigenvalue weighted by Gasteiger charge is 2.41. The maximum absolute atomic E-state index is 12.4. The summed E-state index contributed by atoms with van der Waals surface area (Å²) in [6.45, 7) is 13.2. The summed E-state index contributed by atoms with van der Waals surface area (Å²) in [5, 5.41) is 0. The number of hydrogen-bond donors (Lipinski definition) is 0. The highest BCUT2D eigenvalue weighted by molar-refractivity contribution is 9.10. The maximum Gasteiger partial charge on any atom is 0.332 e. The molecular formula is C23H37Br3O9. The normalized spacial score (nSPS) is 13.1. The van der Waals surface area contributed by atoms with Crippen molar-refractivity contribution >= 4 is 71.7 Å². The largest absolute Gasteiger partial charge is 0.464 e. The van der Waals surface area contributed by atoms with Gasteiger partial charge in [-0.15, -0.1) is 0 Å². The van der Waals surface area contributed by atoms with Gasteiger partial charge in [0.15, 0.2) is 0 Å². The summed E-state index contributed by atoms with van der Waals surface area (Å²) in [5.41, 5.74) is -2.01. The van der Waals surface area contributed by atoms with E-state index in [1.807, 2.05) is 0 Å². The lowest BCUT2D eigenvalue weighted by atomic mass is 9.92. The third-order valence-electron chi connectivity index (χ3n) is 4.03. The summed E-state index contributed by atoms with van der Waals surface area (Å²) < 4.78 is 24.2. The molecule has 0 aliphatic carbocycles. The molecule has 204 valence electrons. The van der Waals surface area contributed by atoms with Crippen LogP contribution in [0.25, 0.3) is 0 Å². The van der Waals surface area contributed by atoms with Crippen LogP contribution in [-0.4, -0.2) is 75.5 Å². The lowest BCUT2D eigenvalue weighted by Crippen LogP contribution is -2.46. The van der Waals surface area contributed by atoms with E-state index in [1.54, 1.807) is 62.3 Å². The minimum Gasteiger partial charge on any atom is -0.464 e. The highest BCUT2D eigenvalue weighted by atomic mass is 79.9. The topological polar surface area (TPSA) is 114 Å². The van der Waals surface area contributed by atoms with Crippen molar-refractivity contribution in [2.75, 3.05) is 33.0 Å². The summed E-state index contributed by atoms with van der Waals surface area (Å²) in [5.74, 6) is -2.38. The number of esters is 4. The molecule has 0 rings (SSSR count). The van der Waals surface area contributed by atoms with E-state index in [1.165, 1.54) is 0 Å². The zero-order valence-corrected chi connectivity index (χ0v) is 26.6. The van der Waals surface area contributed by atoms with Gasteiger partial charge in [0.1, 0.15) is 45.0 Å². The van der Waals surface area contributed by atoms with Gasteiger partial charge in [-0.25, -0.2) is 4.79 Å². The third-order valence-corrected chi connectivity index (χ3v) is 5.00. The van der Waals surface area contributed by atoms with Crippen molar-refractivity contribution in [3.8, 4) is 0 Å². The highest BCUT2D eigenvalue weighted by Crippen LogP contribution is 2.27. The molecule has 0 bridgehead atoms. The minimum atomic E-state index is -1.31. The number of ether oxygens (including phenoxy) is 5. The summed E-state index contributed by atoms with van der Waals surface area (Å²) in [7, 11) is 0. The first-order chi connectivity index (χ1) is 15.5. The van der Waals surface area contributed by atoms with Crippen molar-refractivity contribution < 1.29 is 42.9 Å². The fourth-order valence-corrected chi connectivity index (χ4v) is 2.49. The van der Waals surface area contributed by atoms with Crippen LogP contribution in [0.1, 0.15) is 62.3 Å². The molecular weight excluding hydrogens is 660 g/mol. The molecule has 0 amide bonds. The van der Waals surface area contributed by atoms with Gasteiger partial charge in [0.05, 0.1) is 12.0 Å². The van der Waals surface area contributed by atoms with Gasteiger partial charge in [0.2, 0.25) is 0 Å². The van der Waals surface area contributed by atoms with Crippen LogP contribution in [0.15, 0.2) is 0 Å². The van der Waals surface area contributed by atoms with Gasteiger partial charge in [0, 0.05) is 0 Å². The maximum atomic E-state index is 12.4.